The summed E-state index contributed by atoms with van der Waals surface area (Å²) >= 11 is 6.02. The van der Waals surface area contributed by atoms with E-state index in [9.17, 15) is 13.2 Å². The lowest BCUT2D eigenvalue weighted by Gasteiger charge is -2.09. The molecule has 0 bridgehead atoms. The minimum Gasteiger partial charge on any atom is -0.222 e. The Labute approximate surface area is 117 Å². The summed E-state index contributed by atoms with van der Waals surface area (Å²) in [6, 6.07) is 0.909. The highest BCUT2D eigenvalue weighted by molar-refractivity contribution is 6.30. The van der Waals surface area contributed by atoms with Gasteiger partial charge in [0.1, 0.15) is 11.0 Å². The molecule has 0 saturated heterocycles. The van der Waals surface area contributed by atoms with Gasteiger partial charge >= 0.3 is 6.18 Å². The van der Waals surface area contributed by atoms with Gasteiger partial charge in [0.15, 0.2) is 11.5 Å². The second-order valence-corrected chi connectivity index (χ2v) is 5.10. The molecule has 0 radical (unpaired) electrons. The van der Waals surface area contributed by atoms with E-state index in [0.29, 0.717) is 17.2 Å². The highest BCUT2D eigenvalue weighted by atomic mass is 35.5. The van der Waals surface area contributed by atoms with Crippen LogP contribution in [0.1, 0.15) is 35.8 Å². The minimum absolute atomic E-state index is 0.251. The standard InChI is InChI=1S/C12H10ClF3N4/c1-6-9(13)17-10(7-2-3-7)18-11(6)20-5-4-8(19-20)12(14,15)16/h4-5,7H,2-3H2,1H3. The normalized spacial score (nSPS) is 15.7. The Morgan fingerprint density at radius 3 is 2.55 bits per heavy atom. The summed E-state index contributed by atoms with van der Waals surface area (Å²) in [7, 11) is 0. The molecule has 3 rings (SSSR count). The molecular weight excluding hydrogens is 293 g/mol. The van der Waals surface area contributed by atoms with Crippen LogP contribution in [0.15, 0.2) is 12.3 Å². The van der Waals surface area contributed by atoms with Crippen molar-refractivity contribution in [1.29, 1.82) is 0 Å². The first-order valence-electron chi connectivity index (χ1n) is 6.03. The van der Waals surface area contributed by atoms with Gasteiger partial charge in [-0.3, -0.25) is 0 Å². The van der Waals surface area contributed by atoms with E-state index in [2.05, 4.69) is 15.1 Å². The molecule has 0 aromatic carbocycles. The fourth-order valence-electron chi connectivity index (χ4n) is 1.83. The van der Waals surface area contributed by atoms with Gasteiger partial charge < -0.3 is 0 Å². The van der Waals surface area contributed by atoms with Crippen molar-refractivity contribution in [3.63, 3.8) is 0 Å². The number of halogens is 4. The van der Waals surface area contributed by atoms with Crippen LogP contribution in [-0.4, -0.2) is 19.7 Å². The predicted octanol–water partition coefficient (Wildman–Crippen LogP) is 3.52. The average molecular weight is 303 g/mol. The molecule has 0 aliphatic heterocycles. The number of alkyl halides is 3. The Morgan fingerprint density at radius 2 is 2.00 bits per heavy atom. The molecule has 2 aromatic rings. The smallest absolute Gasteiger partial charge is 0.222 e. The molecular formula is C12H10ClF3N4. The zero-order chi connectivity index (χ0) is 14.5. The lowest BCUT2D eigenvalue weighted by atomic mass is 10.3. The first-order chi connectivity index (χ1) is 9.36. The van der Waals surface area contributed by atoms with E-state index in [0.717, 1.165) is 23.6 Å². The van der Waals surface area contributed by atoms with Crippen LogP contribution in [0.4, 0.5) is 13.2 Å². The number of hydrogen-bond acceptors (Lipinski definition) is 3. The first-order valence-corrected chi connectivity index (χ1v) is 6.41. The van der Waals surface area contributed by atoms with E-state index in [-0.39, 0.29) is 11.1 Å². The zero-order valence-corrected chi connectivity index (χ0v) is 11.2. The molecule has 1 saturated carbocycles. The molecule has 2 aromatic heterocycles. The van der Waals surface area contributed by atoms with Crippen molar-refractivity contribution in [2.24, 2.45) is 0 Å². The van der Waals surface area contributed by atoms with Gasteiger partial charge in [-0.05, 0) is 25.8 Å². The lowest BCUT2D eigenvalue weighted by molar-refractivity contribution is -0.141. The summed E-state index contributed by atoms with van der Waals surface area (Å²) in [5.41, 5.74) is -0.451. The predicted molar refractivity (Wildman–Crippen MR) is 65.9 cm³/mol. The summed E-state index contributed by atoms with van der Waals surface area (Å²) < 4.78 is 38.8. The molecule has 2 heterocycles. The van der Waals surface area contributed by atoms with Crippen LogP contribution in [-0.2, 0) is 6.18 Å². The molecule has 106 valence electrons. The van der Waals surface area contributed by atoms with Crippen molar-refractivity contribution in [3.05, 3.63) is 34.5 Å². The van der Waals surface area contributed by atoms with Crippen molar-refractivity contribution in [1.82, 2.24) is 19.7 Å². The van der Waals surface area contributed by atoms with Crippen LogP contribution in [0, 0.1) is 6.92 Å². The Morgan fingerprint density at radius 1 is 1.30 bits per heavy atom. The summed E-state index contributed by atoms with van der Waals surface area (Å²) in [4.78, 5) is 8.47. The summed E-state index contributed by atoms with van der Waals surface area (Å²) in [5.74, 6) is 1.12. The summed E-state index contributed by atoms with van der Waals surface area (Å²) in [5, 5.41) is 3.77. The summed E-state index contributed by atoms with van der Waals surface area (Å²) in [6.45, 7) is 1.66. The van der Waals surface area contributed by atoms with Crippen LogP contribution in [0.5, 0.6) is 0 Å². The Balaban J connectivity index is 2.07. The highest BCUT2D eigenvalue weighted by Crippen LogP contribution is 2.39. The van der Waals surface area contributed by atoms with Gasteiger partial charge in [0, 0.05) is 17.7 Å². The second-order valence-electron chi connectivity index (χ2n) is 4.74. The Hall–Kier alpha value is -1.63. The third-order valence-electron chi connectivity index (χ3n) is 3.12. The molecule has 0 N–H and O–H groups in total. The van der Waals surface area contributed by atoms with E-state index in [1.807, 2.05) is 0 Å². The second kappa shape index (κ2) is 4.44. The molecule has 0 spiro atoms. The van der Waals surface area contributed by atoms with Crippen molar-refractivity contribution in [2.45, 2.75) is 31.9 Å². The van der Waals surface area contributed by atoms with Gasteiger partial charge in [0.25, 0.3) is 0 Å². The third kappa shape index (κ3) is 2.37. The maximum atomic E-state index is 12.6. The van der Waals surface area contributed by atoms with Gasteiger partial charge in [-0.1, -0.05) is 11.6 Å². The van der Waals surface area contributed by atoms with Crippen molar-refractivity contribution in [2.75, 3.05) is 0 Å². The van der Waals surface area contributed by atoms with E-state index < -0.39 is 11.9 Å². The maximum absolute atomic E-state index is 12.6. The largest absolute Gasteiger partial charge is 0.435 e. The molecule has 4 nitrogen and oxygen atoms in total. The number of rotatable bonds is 2. The number of hydrogen-bond donors (Lipinski definition) is 0. The minimum atomic E-state index is -4.48. The van der Waals surface area contributed by atoms with Crippen LogP contribution >= 0.6 is 11.6 Å². The Kier molecular flexibility index (Phi) is 2.97. The average Bonchev–Trinajstić information content (AvgIpc) is 3.08. The highest BCUT2D eigenvalue weighted by Gasteiger charge is 2.34. The first kappa shape index (κ1) is 13.4. The number of aromatic nitrogens is 4. The molecule has 1 aliphatic carbocycles. The fraction of sp³-hybridized carbons (Fsp3) is 0.417. The van der Waals surface area contributed by atoms with Gasteiger partial charge in [0.05, 0.1) is 0 Å². The van der Waals surface area contributed by atoms with E-state index in [1.54, 1.807) is 6.92 Å². The maximum Gasteiger partial charge on any atom is 0.435 e. The van der Waals surface area contributed by atoms with Gasteiger partial charge in [-0.25, -0.2) is 14.6 Å². The molecule has 0 unspecified atom stereocenters. The van der Waals surface area contributed by atoms with Gasteiger partial charge in [0.2, 0.25) is 0 Å². The van der Waals surface area contributed by atoms with Crippen LogP contribution < -0.4 is 0 Å². The molecule has 1 aliphatic rings. The monoisotopic (exact) mass is 302 g/mol. The topological polar surface area (TPSA) is 43.6 Å². The third-order valence-corrected chi connectivity index (χ3v) is 3.49. The fourth-order valence-corrected chi connectivity index (χ4v) is 2.01. The quantitative estimate of drug-likeness (QED) is 0.797. The Bertz CT molecular complexity index is 661. The van der Waals surface area contributed by atoms with Gasteiger partial charge in [-0.2, -0.15) is 18.3 Å². The van der Waals surface area contributed by atoms with E-state index >= 15 is 0 Å². The lowest BCUT2D eigenvalue weighted by Crippen LogP contribution is -2.10. The van der Waals surface area contributed by atoms with E-state index in [1.165, 1.54) is 6.20 Å². The summed E-state index contributed by atoms with van der Waals surface area (Å²) in [6.07, 6.45) is -1.29. The molecule has 20 heavy (non-hydrogen) atoms. The van der Waals surface area contributed by atoms with Crippen LogP contribution in [0.2, 0.25) is 5.15 Å². The van der Waals surface area contributed by atoms with Crippen molar-refractivity contribution >= 4 is 11.6 Å². The molecule has 0 atom stereocenters. The van der Waals surface area contributed by atoms with Crippen LogP contribution in [0.3, 0.4) is 0 Å². The molecule has 8 heteroatoms. The van der Waals surface area contributed by atoms with E-state index in [4.69, 9.17) is 11.6 Å². The SMILES string of the molecule is Cc1c(Cl)nc(C2CC2)nc1-n1ccc(C(F)(F)F)n1. The zero-order valence-electron chi connectivity index (χ0n) is 10.4. The molecule has 1 fully saturated rings. The molecule has 0 amide bonds. The van der Waals surface area contributed by atoms with Gasteiger partial charge in [-0.15, -0.1) is 0 Å². The van der Waals surface area contributed by atoms with Crippen molar-refractivity contribution in [3.8, 4) is 5.82 Å². The number of nitrogens with zero attached hydrogens (tertiary/aromatic N) is 4. The van der Waals surface area contributed by atoms with Crippen molar-refractivity contribution < 1.29 is 13.2 Å². The van der Waals surface area contributed by atoms with Crippen LogP contribution in [0.25, 0.3) is 5.82 Å².